The highest BCUT2D eigenvalue weighted by molar-refractivity contribution is 7.12. The smallest absolute Gasteiger partial charge is 0.403 e. The van der Waals surface area contributed by atoms with E-state index < -0.39 is 24.6 Å². The number of thiophene rings is 1. The lowest BCUT2D eigenvalue weighted by atomic mass is 10.1. The van der Waals surface area contributed by atoms with Crippen molar-refractivity contribution in [1.82, 2.24) is 5.32 Å². The van der Waals surface area contributed by atoms with Crippen LogP contribution in [0.4, 0.5) is 13.2 Å². The van der Waals surface area contributed by atoms with Crippen LogP contribution in [-0.4, -0.2) is 23.8 Å². The second-order valence-electron chi connectivity index (χ2n) is 4.01. The fourth-order valence-corrected chi connectivity index (χ4v) is 2.33. The van der Waals surface area contributed by atoms with Crippen LogP contribution in [0.15, 0.2) is 12.1 Å². The van der Waals surface area contributed by atoms with Gasteiger partial charge in [-0.3, -0.25) is 4.79 Å². The highest BCUT2D eigenvalue weighted by Gasteiger charge is 2.44. The molecule has 1 rings (SSSR count). The number of nitrogens with one attached hydrogen (secondary N) is 1. The van der Waals surface area contributed by atoms with Gasteiger partial charge in [0.25, 0.3) is 0 Å². The molecule has 18 heavy (non-hydrogen) atoms. The molecule has 0 aliphatic heterocycles. The zero-order chi connectivity index (χ0) is 13.9. The molecule has 102 valence electrons. The molecule has 0 saturated heterocycles. The van der Waals surface area contributed by atoms with E-state index in [4.69, 9.17) is 5.11 Å². The first-order valence-corrected chi connectivity index (χ1v) is 6.12. The van der Waals surface area contributed by atoms with Gasteiger partial charge in [-0.1, -0.05) is 0 Å². The van der Waals surface area contributed by atoms with Crippen molar-refractivity contribution in [3.05, 3.63) is 21.9 Å². The SMILES string of the molecule is Cc1ccc(C(C)NCC(C(=O)O)C(F)(F)F)s1. The first-order valence-electron chi connectivity index (χ1n) is 5.31. The number of carboxylic acid groups (broad SMARTS) is 1. The summed E-state index contributed by atoms with van der Waals surface area (Å²) >= 11 is 1.47. The van der Waals surface area contributed by atoms with Gasteiger partial charge in [-0.05, 0) is 26.0 Å². The molecule has 3 nitrogen and oxygen atoms in total. The van der Waals surface area contributed by atoms with Gasteiger partial charge in [0, 0.05) is 22.3 Å². The zero-order valence-electron chi connectivity index (χ0n) is 9.91. The summed E-state index contributed by atoms with van der Waals surface area (Å²) in [5.41, 5.74) is 0. The van der Waals surface area contributed by atoms with Crippen molar-refractivity contribution >= 4 is 17.3 Å². The van der Waals surface area contributed by atoms with Gasteiger partial charge in [0.1, 0.15) is 0 Å². The summed E-state index contributed by atoms with van der Waals surface area (Å²) in [5, 5.41) is 11.1. The van der Waals surface area contributed by atoms with Crippen LogP contribution in [0.3, 0.4) is 0 Å². The molecule has 7 heteroatoms. The predicted octanol–water partition coefficient (Wildman–Crippen LogP) is 2.97. The lowest BCUT2D eigenvalue weighted by molar-refractivity contribution is -0.192. The Kier molecular flexibility index (Phi) is 4.75. The third-order valence-corrected chi connectivity index (χ3v) is 3.69. The Labute approximate surface area is 107 Å². The van der Waals surface area contributed by atoms with E-state index in [1.54, 1.807) is 6.92 Å². The molecule has 2 N–H and O–H groups in total. The molecule has 0 bridgehead atoms. The van der Waals surface area contributed by atoms with Crippen LogP contribution in [0.25, 0.3) is 0 Å². The largest absolute Gasteiger partial charge is 0.481 e. The Morgan fingerprint density at radius 1 is 1.50 bits per heavy atom. The maximum absolute atomic E-state index is 12.4. The fourth-order valence-electron chi connectivity index (χ4n) is 1.42. The molecule has 0 aliphatic rings. The van der Waals surface area contributed by atoms with E-state index >= 15 is 0 Å². The van der Waals surface area contributed by atoms with E-state index in [1.807, 2.05) is 19.1 Å². The first kappa shape index (κ1) is 15.0. The van der Waals surface area contributed by atoms with Gasteiger partial charge >= 0.3 is 12.1 Å². The molecular formula is C11H14F3NO2S. The number of aliphatic carboxylic acids is 1. The molecule has 1 aromatic heterocycles. The van der Waals surface area contributed by atoms with Crippen LogP contribution in [0.5, 0.6) is 0 Å². The number of rotatable bonds is 5. The molecule has 0 aliphatic carbocycles. The lowest BCUT2D eigenvalue weighted by Crippen LogP contribution is -2.39. The number of hydrogen-bond acceptors (Lipinski definition) is 3. The Morgan fingerprint density at radius 2 is 2.11 bits per heavy atom. The second-order valence-corrected chi connectivity index (χ2v) is 5.33. The molecule has 0 aromatic carbocycles. The standard InChI is InChI=1S/C11H14F3NO2S/c1-6-3-4-9(18-6)7(2)15-5-8(10(16)17)11(12,13)14/h3-4,7-8,15H,5H2,1-2H3,(H,16,17). The highest BCUT2D eigenvalue weighted by Crippen LogP contribution is 2.27. The van der Waals surface area contributed by atoms with Crippen LogP contribution in [0.1, 0.15) is 22.7 Å². The Hall–Kier alpha value is -1.08. The number of halogens is 3. The number of alkyl halides is 3. The van der Waals surface area contributed by atoms with E-state index in [-0.39, 0.29) is 6.04 Å². The number of hydrogen-bond donors (Lipinski definition) is 2. The van der Waals surface area contributed by atoms with Gasteiger partial charge in [0.2, 0.25) is 0 Å². The predicted molar refractivity (Wildman–Crippen MR) is 62.7 cm³/mol. The molecule has 1 heterocycles. The van der Waals surface area contributed by atoms with E-state index in [0.29, 0.717) is 0 Å². The summed E-state index contributed by atoms with van der Waals surface area (Å²) in [5.74, 6) is -4.23. The minimum atomic E-state index is -4.73. The quantitative estimate of drug-likeness (QED) is 0.872. The van der Waals surface area contributed by atoms with Crippen molar-refractivity contribution in [2.75, 3.05) is 6.54 Å². The Morgan fingerprint density at radius 3 is 2.50 bits per heavy atom. The van der Waals surface area contributed by atoms with Crippen LogP contribution < -0.4 is 5.32 Å². The van der Waals surface area contributed by atoms with Gasteiger partial charge in [-0.15, -0.1) is 11.3 Å². The van der Waals surface area contributed by atoms with Crippen molar-refractivity contribution < 1.29 is 23.1 Å². The highest BCUT2D eigenvalue weighted by atomic mass is 32.1. The van der Waals surface area contributed by atoms with Crippen molar-refractivity contribution in [3.8, 4) is 0 Å². The summed E-state index contributed by atoms with van der Waals surface area (Å²) in [7, 11) is 0. The Bertz CT molecular complexity index is 417. The number of carbonyl (C=O) groups is 1. The molecule has 0 spiro atoms. The topological polar surface area (TPSA) is 49.3 Å². The molecule has 0 saturated carbocycles. The molecule has 0 radical (unpaired) electrons. The molecular weight excluding hydrogens is 267 g/mol. The summed E-state index contributed by atoms with van der Waals surface area (Å²) in [6.07, 6.45) is -4.73. The van der Waals surface area contributed by atoms with E-state index in [0.717, 1.165) is 9.75 Å². The van der Waals surface area contributed by atoms with Gasteiger partial charge in [-0.25, -0.2) is 0 Å². The molecule has 1 aromatic rings. The summed E-state index contributed by atoms with van der Waals surface area (Å²) in [6, 6.07) is 3.39. The molecule has 2 atom stereocenters. The van der Waals surface area contributed by atoms with E-state index in [1.165, 1.54) is 11.3 Å². The van der Waals surface area contributed by atoms with Crippen molar-refractivity contribution in [3.63, 3.8) is 0 Å². The van der Waals surface area contributed by atoms with Gasteiger partial charge < -0.3 is 10.4 Å². The third-order valence-electron chi connectivity index (χ3n) is 2.51. The minimum Gasteiger partial charge on any atom is -0.481 e. The summed E-state index contributed by atoms with van der Waals surface area (Å²) in [4.78, 5) is 12.5. The first-order chi connectivity index (χ1) is 8.21. The van der Waals surface area contributed by atoms with Crippen molar-refractivity contribution in [2.24, 2.45) is 5.92 Å². The average molecular weight is 281 g/mol. The molecule has 0 amide bonds. The van der Waals surface area contributed by atoms with Gasteiger partial charge in [0.15, 0.2) is 5.92 Å². The van der Waals surface area contributed by atoms with Crippen LogP contribution in [0, 0.1) is 12.8 Å². The summed E-state index contributed by atoms with van der Waals surface area (Å²) < 4.78 is 37.2. The van der Waals surface area contributed by atoms with E-state index in [2.05, 4.69) is 5.32 Å². The normalized spacial score (nSPS) is 15.4. The molecule has 2 unspecified atom stereocenters. The number of aryl methyl sites for hydroxylation is 1. The van der Waals surface area contributed by atoms with Gasteiger partial charge in [0.05, 0.1) is 0 Å². The second kappa shape index (κ2) is 5.71. The monoisotopic (exact) mass is 281 g/mol. The molecule has 0 fully saturated rings. The lowest BCUT2D eigenvalue weighted by Gasteiger charge is -2.19. The van der Waals surface area contributed by atoms with Crippen LogP contribution in [-0.2, 0) is 4.79 Å². The third kappa shape index (κ3) is 3.99. The van der Waals surface area contributed by atoms with Crippen LogP contribution in [0.2, 0.25) is 0 Å². The number of carboxylic acids is 1. The maximum Gasteiger partial charge on any atom is 0.403 e. The van der Waals surface area contributed by atoms with E-state index in [9.17, 15) is 18.0 Å². The van der Waals surface area contributed by atoms with Crippen molar-refractivity contribution in [1.29, 1.82) is 0 Å². The average Bonchev–Trinajstić information content (AvgIpc) is 2.62. The summed E-state index contributed by atoms with van der Waals surface area (Å²) in [6.45, 7) is 2.98. The van der Waals surface area contributed by atoms with Gasteiger partial charge in [-0.2, -0.15) is 13.2 Å². The van der Waals surface area contributed by atoms with Crippen LogP contribution >= 0.6 is 11.3 Å². The minimum absolute atomic E-state index is 0.298. The Balaban J connectivity index is 2.60. The maximum atomic E-state index is 12.4. The zero-order valence-corrected chi connectivity index (χ0v) is 10.7. The fraction of sp³-hybridized carbons (Fsp3) is 0.545. The van der Waals surface area contributed by atoms with Crippen molar-refractivity contribution in [2.45, 2.75) is 26.1 Å².